The van der Waals surface area contributed by atoms with Gasteiger partial charge in [0.25, 0.3) is 0 Å². The monoisotopic (exact) mass is 236 g/mol. The standard InChI is InChI=1S/C16H25F/c1-15(2,3)10-12-7-8-13(14(17)9-12)11-16(4,5)6/h7-9H,10-11H2,1-6H3. The van der Waals surface area contributed by atoms with Crippen molar-refractivity contribution in [1.29, 1.82) is 0 Å². The van der Waals surface area contributed by atoms with E-state index in [-0.39, 0.29) is 16.6 Å². The van der Waals surface area contributed by atoms with Gasteiger partial charge < -0.3 is 0 Å². The van der Waals surface area contributed by atoms with E-state index in [1.54, 1.807) is 6.07 Å². The van der Waals surface area contributed by atoms with E-state index in [2.05, 4.69) is 47.6 Å². The van der Waals surface area contributed by atoms with Crippen molar-refractivity contribution in [3.63, 3.8) is 0 Å². The zero-order chi connectivity index (χ0) is 13.3. The lowest BCUT2D eigenvalue weighted by atomic mass is 9.85. The molecule has 0 saturated carbocycles. The Kier molecular flexibility index (Phi) is 4.01. The minimum Gasteiger partial charge on any atom is -0.207 e. The summed E-state index contributed by atoms with van der Waals surface area (Å²) in [5.41, 5.74) is 2.26. The molecule has 0 fully saturated rings. The third-order valence-electron chi connectivity index (χ3n) is 2.57. The predicted octanol–water partition coefficient (Wildman–Crippen LogP) is 5.00. The highest BCUT2D eigenvalue weighted by molar-refractivity contribution is 5.26. The van der Waals surface area contributed by atoms with Crippen LogP contribution in [0.3, 0.4) is 0 Å². The lowest BCUT2D eigenvalue weighted by molar-refractivity contribution is 0.398. The highest BCUT2D eigenvalue weighted by Gasteiger charge is 2.16. The van der Waals surface area contributed by atoms with Crippen molar-refractivity contribution in [3.05, 3.63) is 35.1 Å². The Balaban J connectivity index is 2.87. The van der Waals surface area contributed by atoms with Gasteiger partial charge in [0.2, 0.25) is 0 Å². The fourth-order valence-electron chi connectivity index (χ4n) is 2.03. The Bertz CT molecular complexity index is 377. The molecule has 0 amide bonds. The molecule has 0 unspecified atom stereocenters. The van der Waals surface area contributed by atoms with Crippen molar-refractivity contribution >= 4 is 0 Å². The Hall–Kier alpha value is -0.850. The predicted molar refractivity (Wildman–Crippen MR) is 72.7 cm³/mol. The maximum Gasteiger partial charge on any atom is 0.126 e. The molecule has 0 N–H and O–H groups in total. The van der Waals surface area contributed by atoms with Crippen LogP contribution in [0.4, 0.5) is 4.39 Å². The summed E-state index contributed by atoms with van der Waals surface area (Å²) in [6, 6.07) is 5.71. The van der Waals surface area contributed by atoms with E-state index < -0.39 is 0 Å². The summed E-state index contributed by atoms with van der Waals surface area (Å²) < 4.78 is 14.0. The number of halogens is 1. The molecular weight excluding hydrogens is 211 g/mol. The second-order valence-electron chi connectivity index (χ2n) is 7.40. The molecule has 0 aromatic heterocycles. The maximum absolute atomic E-state index is 14.0. The average molecular weight is 236 g/mol. The van der Waals surface area contributed by atoms with Gasteiger partial charge in [0, 0.05) is 0 Å². The summed E-state index contributed by atoms with van der Waals surface area (Å²) >= 11 is 0. The molecule has 0 nitrogen and oxygen atoms in total. The van der Waals surface area contributed by atoms with Crippen LogP contribution in [-0.2, 0) is 12.8 Å². The lowest BCUT2D eigenvalue weighted by Crippen LogP contribution is -2.12. The molecule has 0 saturated heterocycles. The Morgan fingerprint density at radius 2 is 1.41 bits per heavy atom. The molecular formula is C16H25F. The number of rotatable bonds is 2. The molecule has 0 radical (unpaired) electrons. The Labute approximate surface area is 105 Å². The van der Waals surface area contributed by atoms with Crippen LogP contribution in [0.2, 0.25) is 0 Å². The van der Waals surface area contributed by atoms with Gasteiger partial charge in [-0.3, -0.25) is 0 Å². The largest absolute Gasteiger partial charge is 0.207 e. The third kappa shape index (κ3) is 5.34. The number of benzene rings is 1. The molecule has 0 aliphatic heterocycles. The first kappa shape index (κ1) is 14.2. The van der Waals surface area contributed by atoms with E-state index in [1.165, 1.54) is 0 Å². The Morgan fingerprint density at radius 3 is 1.82 bits per heavy atom. The zero-order valence-electron chi connectivity index (χ0n) is 12.0. The van der Waals surface area contributed by atoms with Crippen LogP contribution < -0.4 is 0 Å². The van der Waals surface area contributed by atoms with Gasteiger partial charge in [-0.15, -0.1) is 0 Å². The number of hydrogen-bond acceptors (Lipinski definition) is 0. The Morgan fingerprint density at radius 1 is 0.882 bits per heavy atom. The van der Waals surface area contributed by atoms with E-state index in [1.807, 2.05) is 6.07 Å². The van der Waals surface area contributed by atoms with Gasteiger partial charge in [-0.05, 0) is 40.9 Å². The van der Waals surface area contributed by atoms with E-state index >= 15 is 0 Å². The second-order valence-corrected chi connectivity index (χ2v) is 7.40. The summed E-state index contributed by atoms with van der Waals surface area (Å²) in [7, 11) is 0. The van der Waals surface area contributed by atoms with Crippen molar-refractivity contribution in [3.8, 4) is 0 Å². The summed E-state index contributed by atoms with van der Waals surface area (Å²) in [6.07, 6.45) is 1.70. The first-order chi connectivity index (χ1) is 7.57. The molecule has 1 aromatic carbocycles. The highest BCUT2D eigenvalue weighted by atomic mass is 19.1. The second kappa shape index (κ2) is 4.80. The minimum absolute atomic E-state index is 0.0540. The van der Waals surface area contributed by atoms with Crippen LogP contribution in [0.1, 0.15) is 52.7 Å². The van der Waals surface area contributed by atoms with Crippen LogP contribution in [0, 0.1) is 16.6 Å². The summed E-state index contributed by atoms with van der Waals surface area (Å²) in [5.74, 6) is -0.0540. The van der Waals surface area contributed by atoms with Crippen LogP contribution in [0.5, 0.6) is 0 Å². The molecule has 0 bridgehead atoms. The van der Waals surface area contributed by atoms with Crippen molar-refractivity contribution in [1.82, 2.24) is 0 Å². The smallest absolute Gasteiger partial charge is 0.126 e. The van der Waals surface area contributed by atoms with Gasteiger partial charge in [-0.1, -0.05) is 53.7 Å². The fourth-order valence-corrected chi connectivity index (χ4v) is 2.03. The van der Waals surface area contributed by atoms with Crippen LogP contribution in [0.15, 0.2) is 18.2 Å². The van der Waals surface area contributed by atoms with Crippen LogP contribution in [-0.4, -0.2) is 0 Å². The molecule has 1 aromatic rings. The molecule has 1 heteroatoms. The molecule has 0 atom stereocenters. The van der Waals surface area contributed by atoms with Gasteiger partial charge in [-0.2, -0.15) is 0 Å². The highest BCUT2D eigenvalue weighted by Crippen LogP contribution is 2.25. The first-order valence-electron chi connectivity index (χ1n) is 6.34. The molecule has 1 rings (SSSR count). The van der Waals surface area contributed by atoms with Gasteiger partial charge >= 0.3 is 0 Å². The molecule has 96 valence electrons. The van der Waals surface area contributed by atoms with Crippen LogP contribution in [0.25, 0.3) is 0 Å². The van der Waals surface area contributed by atoms with Crippen molar-refractivity contribution < 1.29 is 4.39 Å². The van der Waals surface area contributed by atoms with Gasteiger partial charge in [0.15, 0.2) is 0 Å². The fraction of sp³-hybridized carbons (Fsp3) is 0.625. The quantitative estimate of drug-likeness (QED) is 0.677. The van der Waals surface area contributed by atoms with Crippen molar-refractivity contribution in [2.75, 3.05) is 0 Å². The summed E-state index contributed by atoms with van der Waals surface area (Å²) in [5, 5.41) is 0. The van der Waals surface area contributed by atoms with E-state index in [0.29, 0.717) is 0 Å². The maximum atomic E-state index is 14.0. The normalized spacial score (nSPS) is 12.9. The van der Waals surface area contributed by atoms with Gasteiger partial charge in [-0.25, -0.2) is 4.39 Å². The lowest BCUT2D eigenvalue weighted by Gasteiger charge is -2.21. The average Bonchev–Trinajstić information content (AvgIpc) is 2.05. The van der Waals surface area contributed by atoms with Gasteiger partial charge in [0.05, 0.1) is 0 Å². The SMILES string of the molecule is CC(C)(C)Cc1ccc(CC(C)(C)C)c(F)c1. The van der Waals surface area contributed by atoms with Gasteiger partial charge in [0.1, 0.15) is 5.82 Å². The van der Waals surface area contributed by atoms with E-state index in [0.717, 1.165) is 24.0 Å². The molecule has 0 spiro atoms. The summed E-state index contributed by atoms with van der Waals surface area (Å²) in [6.45, 7) is 12.9. The van der Waals surface area contributed by atoms with E-state index in [9.17, 15) is 4.39 Å². The van der Waals surface area contributed by atoms with E-state index in [4.69, 9.17) is 0 Å². The van der Waals surface area contributed by atoms with Crippen LogP contribution >= 0.6 is 0 Å². The molecule has 0 heterocycles. The first-order valence-corrected chi connectivity index (χ1v) is 6.34. The molecule has 17 heavy (non-hydrogen) atoms. The minimum atomic E-state index is -0.0540. The van der Waals surface area contributed by atoms with Crippen molar-refractivity contribution in [2.45, 2.75) is 54.4 Å². The molecule has 0 aliphatic rings. The van der Waals surface area contributed by atoms with Crippen molar-refractivity contribution in [2.24, 2.45) is 10.8 Å². The molecule has 0 aliphatic carbocycles. The number of hydrogen-bond donors (Lipinski definition) is 0. The summed E-state index contributed by atoms with van der Waals surface area (Å²) in [4.78, 5) is 0. The topological polar surface area (TPSA) is 0 Å². The zero-order valence-corrected chi connectivity index (χ0v) is 12.0. The third-order valence-corrected chi connectivity index (χ3v) is 2.57.